The van der Waals surface area contributed by atoms with Crippen LogP contribution >= 0.6 is 15.9 Å². The third kappa shape index (κ3) is 2.60. The smallest absolute Gasteiger partial charge is 0.200 e. The Morgan fingerprint density at radius 2 is 2.23 bits per heavy atom. The summed E-state index contributed by atoms with van der Waals surface area (Å²) in [5.74, 6) is 0.289. The highest BCUT2D eigenvalue weighted by molar-refractivity contribution is 9.10. The fourth-order valence-corrected chi connectivity index (χ4v) is 3.86. The van der Waals surface area contributed by atoms with Crippen molar-refractivity contribution in [2.45, 2.75) is 38.0 Å². The van der Waals surface area contributed by atoms with E-state index in [0.29, 0.717) is 5.57 Å². The van der Waals surface area contributed by atoms with Crippen LogP contribution in [0.3, 0.4) is 0 Å². The molecule has 4 N–H and O–H groups in total. The zero-order valence-corrected chi connectivity index (χ0v) is 13.9. The summed E-state index contributed by atoms with van der Waals surface area (Å²) in [5, 5.41) is 9.58. The second-order valence-corrected chi connectivity index (χ2v) is 6.64. The van der Waals surface area contributed by atoms with Gasteiger partial charge in [-0.1, -0.05) is 41.4 Å². The highest BCUT2D eigenvalue weighted by atomic mass is 79.9. The van der Waals surface area contributed by atoms with E-state index in [9.17, 15) is 5.26 Å². The van der Waals surface area contributed by atoms with Gasteiger partial charge < -0.3 is 10.5 Å². The zero-order valence-electron chi connectivity index (χ0n) is 12.3. The van der Waals surface area contributed by atoms with Crippen LogP contribution in [0.5, 0.6) is 0 Å². The molecule has 0 bridgehead atoms. The van der Waals surface area contributed by atoms with Gasteiger partial charge in [0.1, 0.15) is 6.07 Å². The van der Waals surface area contributed by atoms with E-state index in [1.807, 2.05) is 18.2 Å². The van der Waals surface area contributed by atoms with E-state index in [1.165, 1.54) is 0 Å². The highest BCUT2D eigenvalue weighted by Gasteiger charge is 2.48. The SMILES string of the molecule is CCCC1NNC2OC(N)=C(C#N)C(c3cccc(Br)c3)C12. The fraction of sp³-hybridized carbons (Fsp3) is 0.438. The zero-order chi connectivity index (χ0) is 15.7. The number of benzene rings is 1. The van der Waals surface area contributed by atoms with Crippen LogP contribution in [0.15, 0.2) is 40.2 Å². The molecule has 0 saturated carbocycles. The molecule has 2 heterocycles. The van der Waals surface area contributed by atoms with Gasteiger partial charge in [-0.15, -0.1) is 0 Å². The Bertz CT molecular complexity index is 639. The van der Waals surface area contributed by atoms with Crippen molar-refractivity contribution in [3.8, 4) is 6.07 Å². The molecule has 1 aromatic rings. The normalized spacial score (nSPS) is 30.6. The molecular formula is C16H19BrN4O. The van der Waals surface area contributed by atoms with E-state index in [4.69, 9.17) is 10.5 Å². The van der Waals surface area contributed by atoms with Gasteiger partial charge in [0.2, 0.25) is 5.88 Å². The van der Waals surface area contributed by atoms with Crippen molar-refractivity contribution in [1.29, 1.82) is 5.26 Å². The molecule has 4 atom stereocenters. The second-order valence-electron chi connectivity index (χ2n) is 5.72. The number of nitrogens with zero attached hydrogens (tertiary/aromatic N) is 1. The summed E-state index contributed by atoms with van der Waals surface area (Å²) < 4.78 is 6.72. The number of hydrazine groups is 1. The number of hydrogen-bond donors (Lipinski definition) is 3. The minimum absolute atomic E-state index is 0.0692. The number of halogens is 1. The lowest BCUT2D eigenvalue weighted by molar-refractivity contribution is 0.0337. The van der Waals surface area contributed by atoms with Crippen LogP contribution in [0.2, 0.25) is 0 Å². The number of nitrogens with two attached hydrogens (primary N) is 1. The maximum absolute atomic E-state index is 9.58. The molecule has 2 aliphatic heterocycles. The summed E-state index contributed by atoms with van der Waals surface area (Å²) in [6, 6.07) is 10.6. The predicted molar refractivity (Wildman–Crippen MR) is 87.0 cm³/mol. The first-order valence-corrected chi connectivity index (χ1v) is 8.28. The predicted octanol–water partition coefficient (Wildman–Crippen LogP) is 2.48. The van der Waals surface area contributed by atoms with Crippen LogP contribution in [-0.2, 0) is 4.74 Å². The van der Waals surface area contributed by atoms with Crippen LogP contribution < -0.4 is 16.6 Å². The average molecular weight is 363 g/mol. The Labute approximate surface area is 138 Å². The van der Waals surface area contributed by atoms with E-state index in [2.05, 4.69) is 45.8 Å². The molecule has 116 valence electrons. The van der Waals surface area contributed by atoms with Gasteiger partial charge in [0.05, 0.1) is 5.57 Å². The Kier molecular flexibility index (Phi) is 4.39. The molecule has 4 unspecified atom stereocenters. The Morgan fingerprint density at radius 3 is 2.91 bits per heavy atom. The van der Waals surface area contributed by atoms with Crippen molar-refractivity contribution in [2.24, 2.45) is 11.7 Å². The Balaban J connectivity index is 2.07. The van der Waals surface area contributed by atoms with Crippen molar-refractivity contribution in [3.63, 3.8) is 0 Å². The molecule has 22 heavy (non-hydrogen) atoms. The van der Waals surface area contributed by atoms with Crippen molar-refractivity contribution in [1.82, 2.24) is 10.9 Å². The van der Waals surface area contributed by atoms with Crippen LogP contribution in [0.25, 0.3) is 0 Å². The number of ether oxygens (including phenoxy) is 1. The summed E-state index contributed by atoms with van der Waals surface area (Å²) >= 11 is 3.51. The molecule has 3 rings (SSSR count). The molecular weight excluding hydrogens is 344 g/mol. The molecule has 1 fully saturated rings. The molecule has 1 saturated heterocycles. The first kappa shape index (κ1) is 15.3. The summed E-state index contributed by atoms with van der Waals surface area (Å²) in [6.07, 6.45) is 1.87. The fourth-order valence-electron chi connectivity index (χ4n) is 3.44. The first-order chi connectivity index (χ1) is 10.7. The van der Waals surface area contributed by atoms with E-state index >= 15 is 0 Å². The lowest BCUT2D eigenvalue weighted by atomic mass is 9.75. The standard InChI is InChI=1S/C16H19BrN4O/c1-2-4-12-14-13(9-5-3-6-10(17)7-9)11(8-18)15(19)22-16(14)21-20-12/h3,5-7,12-14,16,20-21H,2,4,19H2,1H3. The number of rotatable bonds is 3. The van der Waals surface area contributed by atoms with Crippen LogP contribution in [0, 0.1) is 17.2 Å². The summed E-state index contributed by atoms with van der Waals surface area (Å²) in [4.78, 5) is 0. The third-order valence-electron chi connectivity index (χ3n) is 4.37. The summed E-state index contributed by atoms with van der Waals surface area (Å²) in [7, 11) is 0. The minimum atomic E-state index is -0.211. The molecule has 0 amide bonds. The van der Waals surface area contributed by atoms with Gasteiger partial charge >= 0.3 is 0 Å². The van der Waals surface area contributed by atoms with Crippen LogP contribution in [-0.4, -0.2) is 12.3 Å². The maximum atomic E-state index is 9.58. The van der Waals surface area contributed by atoms with E-state index in [0.717, 1.165) is 22.9 Å². The molecule has 5 nitrogen and oxygen atoms in total. The maximum Gasteiger partial charge on any atom is 0.200 e. The highest BCUT2D eigenvalue weighted by Crippen LogP contribution is 2.43. The lowest BCUT2D eigenvalue weighted by Crippen LogP contribution is -2.41. The van der Waals surface area contributed by atoms with Gasteiger partial charge in [-0.25, -0.2) is 5.43 Å². The molecule has 0 aliphatic carbocycles. The third-order valence-corrected chi connectivity index (χ3v) is 4.86. The molecule has 0 radical (unpaired) electrons. The van der Waals surface area contributed by atoms with Gasteiger partial charge in [0.25, 0.3) is 0 Å². The van der Waals surface area contributed by atoms with Gasteiger partial charge in [-0.05, 0) is 24.1 Å². The number of hydrogen-bond acceptors (Lipinski definition) is 5. The van der Waals surface area contributed by atoms with E-state index < -0.39 is 0 Å². The Hall–Kier alpha value is -1.55. The van der Waals surface area contributed by atoms with E-state index in [-0.39, 0.29) is 30.0 Å². The molecule has 1 aromatic carbocycles. The number of nitriles is 1. The van der Waals surface area contributed by atoms with Crippen molar-refractivity contribution >= 4 is 15.9 Å². The van der Waals surface area contributed by atoms with Crippen molar-refractivity contribution in [3.05, 3.63) is 45.8 Å². The minimum Gasteiger partial charge on any atom is -0.458 e. The average Bonchev–Trinajstić information content (AvgIpc) is 2.88. The number of nitrogens with one attached hydrogen (secondary N) is 2. The second kappa shape index (κ2) is 6.29. The van der Waals surface area contributed by atoms with Gasteiger partial charge in [0, 0.05) is 22.4 Å². The van der Waals surface area contributed by atoms with E-state index in [1.54, 1.807) is 0 Å². The largest absolute Gasteiger partial charge is 0.458 e. The van der Waals surface area contributed by atoms with Crippen LogP contribution in [0.1, 0.15) is 31.2 Å². The van der Waals surface area contributed by atoms with Gasteiger partial charge in [-0.3, -0.25) is 5.43 Å². The number of allylic oxidation sites excluding steroid dienone is 1. The molecule has 2 aliphatic rings. The molecule has 6 heteroatoms. The van der Waals surface area contributed by atoms with Gasteiger partial charge in [-0.2, -0.15) is 5.26 Å². The van der Waals surface area contributed by atoms with Crippen molar-refractivity contribution in [2.75, 3.05) is 0 Å². The number of fused-ring (bicyclic) bond motifs is 1. The Morgan fingerprint density at radius 1 is 1.41 bits per heavy atom. The quantitative estimate of drug-likeness (QED) is 0.769. The lowest BCUT2D eigenvalue weighted by Gasteiger charge is -2.35. The first-order valence-electron chi connectivity index (χ1n) is 7.48. The topological polar surface area (TPSA) is 83.1 Å². The molecule has 0 spiro atoms. The molecule has 0 aromatic heterocycles. The van der Waals surface area contributed by atoms with Gasteiger partial charge in [0.15, 0.2) is 6.23 Å². The summed E-state index contributed by atoms with van der Waals surface area (Å²) in [6.45, 7) is 2.15. The monoisotopic (exact) mass is 362 g/mol. The summed E-state index contributed by atoms with van der Waals surface area (Å²) in [5.41, 5.74) is 14.1. The van der Waals surface area contributed by atoms with Crippen LogP contribution in [0.4, 0.5) is 0 Å². The van der Waals surface area contributed by atoms with Crippen molar-refractivity contribution < 1.29 is 4.74 Å².